The van der Waals surface area contributed by atoms with Gasteiger partial charge in [0.1, 0.15) is 23.9 Å². The molecule has 0 unspecified atom stereocenters. The highest BCUT2D eigenvalue weighted by Crippen LogP contribution is 2.23. The Kier molecular flexibility index (Phi) is 5.66. The zero-order chi connectivity index (χ0) is 19.2. The van der Waals surface area contributed by atoms with E-state index in [0.717, 1.165) is 11.1 Å². The number of carbonyl (C=O) groups excluding carboxylic acids is 1. The van der Waals surface area contributed by atoms with Crippen molar-refractivity contribution in [2.24, 2.45) is 7.05 Å². The summed E-state index contributed by atoms with van der Waals surface area (Å²) in [4.78, 5) is 12.2. The molecule has 0 N–H and O–H groups in total. The van der Waals surface area contributed by atoms with E-state index in [4.69, 9.17) is 9.47 Å². The fraction of sp³-hybridized carbons (Fsp3) is 0.143. The maximum absolute atomic E-state index is 13.0. The monoisotopic (exact) mass is 366 g/mol. The molecule has 0 atom stereocenters. The highest BCUT2D eigenvalue weighted by Gasteiger charge is 2.07. The van der Waals surface area contributed by atoms with Crippen LogP contribution in [-0.2, 0) is 13.7 Å². The van der Waals surface area contributed by atoms with Crippen molar-refractivity contribution in [2.75, 3.05) is 7.11 Å². The molecular weight excluding hydrogens is 347 g/mol. The van der Waals surface area contributed by atoms with Gasteiger partial charge in [-0.15, -0.1) is 0 Å². The van der Waals surface area contributed by atoms with Gasteiger partial charge in [-0.3, -0.25) is 9.48 Å². The number of ether oxygens (including phenoxy) is 2. The van der Waals surface area contributed by atoms with Gasteiger partial charge < -0.3 is 9.47 Å². The summed E-state index contributed by atoms with van der Waals surface area (Å²) in [5.41, 5.74) is 2.19. The van der Waals surface area contributed by atoms with Crippen molar-refractivity contribution in [3.63, 3.8) is 0 Å². The van der Waals surface area contributed by atoms with Crippen molar-refractivity contribution in [3.05, 3.63) is 83.4 Å². The Balaban J connectivity index is 1.73. The lowest BCUT2D eigenvalue weighted by molar-refractivity contribution is 0.104. The number of benzene rings is 2. The van der Waals surface area contributed by atoms with E-state index in [-0.39, 0.29) is 18.2 Å². The Hall–Kier alpha value is -3.41. The predicted octanol–water partition coefficient (Wildman–Crippen LogP) is 4.04. The molecular formula is C21H19FN2O3. The van der Waals surface area contributed by atoms with Crippen LogP contribution in [0.25, 0.3) is 6.08 Å². The summed E-state index contributed by atoms with van der Waals surface area (Å²) in [5.74, 6) is 0.798. The van der Waals surface area contributed by atoms with Crippen LogP contribution in [0.15, 0.2) is 60.9 Å². The minimum Gasteiger partial charge on any atom is -0.496 e. The number of ketones is 1. The van der Waals surface area contributed by atoms with E-state index in [1.54, 1.807) is 43.2 Å². The standard InChI is InChI=1S/C21H19FN2O3/c1-24-13-17(12-23-24)20(25)9-3-15-4-10-21(26-2)16(11-15)14-27-19-7-5-18(22)6-8-19/h3-13H,14H2,1-2H3/b9-3+. The lowest BCUT2D eigenvalue weighted by atomic mass is 10.1. The molecule has 138 valence electrons. The zero-order valence-electron chi connectivity index (χ0n) is 15.1. The molecule has 1 heterocycles. The van der Waals surface area contributed by atoms with E-state index in [1.165, 1.54) is 24.4 Å². The average molecular weight is 366 g/mol. The molecule has 0 aliphatic rings. The summed E-state index contributed by atoms with van der Waals surface area (Å²) in [5, 5.41) is 3.99. The number of rotatable bonds is 7. The Morgan fingerprint density at radius 3 is 2.67 bits per heavy atom. The predicted molar refractivity (Wildman–Crippen MR) is 100 cm³/mol. The molecule has 0 amide bonds. The first-order valence-corrected chi connectivity index (χ1v) is 8.31. The molecule has 6 heteroatoms. The molecule has 1 aromatic heterocycles. The molecule has 0 aliphatic heterocycles. The molecule has 0 spiro atoms. The van der Waals surface area contributed by atoms with Gasteiger partial charge in [0.15, 0.2) is 5.78 Å². The molecule has 2 aromatic carbocycles. The Labute approximate surface area is 156 Å². The van der Waals surface area contributed by atoms with E-state index in [1.807, 2.05) is 18.2 Å². The van der Waals surface area contributed by atoms with E-state index in [2.05, 4.69) is 5.10 Å². The average Bonchev–Trinajstić information content (AvgIpc) is 3.12. The maximum Gasteiger partial charge on any atom is 0.189 e. The van der Waals surface area contributed by atoms with Crippen molar-refractivity contribution in [1.29, 1.82) is 0 Å². The molecule has 3 rings (SSSR count). The molecule has 0 bridgehead atoms. The number of nitrogens with zero attached hydrogens (tertiary/aromatic N) is 2. The summed E-state index contributed by atoms with van der Waals surface area (Å²) in [6, 6.07) is 11.4. The van der Waals surface area contributed by atoms with Crippen LogP contribution in [0, 0.1) is 5.82 Å². The second kappa shape index (κ2) is 8.31. The Morgan fingerprint density at radius 2 is 2.00 bits per heavy atom. The van der Waals surface area contributed by atoms with E-state index in [0.29, 0.717) is 17.1 Å². The first-order valence-electron chi connectivity index (χ1n) is 8.31. The molecule has 0 fully saturated rings. The van der Waals surface area contributed by atoms with Crippen molar-refractivity contribution in [1.82, 2.24) is 9.78 Å². The second-order valence-corrected chi connectivity index (χ2v) is 5.91. The summed E-state index contributed by atoms with van der Waals surface area (Å²) in [6.45, 7) is 0.257. The normalized spacial score (nSPS) is 10.9. The summed E-state index contributed by atoms with van der Waals surface area (Å²) >= 11 is 0. The van der Waals surface area contributed by atoms with Crippen molar-refractivity contribution in [2.45, 2.75) is 6.61 Å². The SMILES string of the molecule is COc1ccc(/C=C/C(=O)c2cnn(C)c2)cc1COc1ccc(F)cc1. The summed E-state index contributed by atoms with van der Waals surface area (Å²) < 4.78 is 25.6. The third-order valence-electron chi connectivity index (χ3n) is 3.93. The van der Waals surface area contributed by atoms with Crippen LogP contribution in [0.4, 0.5) is 4.39 Å². The highest BCUT2D eigenvalue weighted by molar-refractivity contribution is 6.06. The van der Waals surface area contributed by atoms with Gasteiger partial charge in [-0.25, -0.2) is 4.39 Å². The molecule has 0 aliphatic carbocycles. The third kappa shape index (κ3) is 4.82. The first kappa shape index (κ1) is 18.4. The fourth-order valence-corrected chi connectivity index (χ4v) is 2.52. The largest absolute Gasteiger partial charge is 0.496 e. The van der Waals surface area contributed by atoms with Gasteiger partial charge in [0.05, 0.1) is 18.9 Å². The number of aromatic nitrogens is 2. The number of carbonyl (C=O) groups is 1. The smallest absolute Gasteiger partial charge is 0.189 e. The third-order valence-corrected chi connectivity index (χ3v) is 3.93. The second-order valence-electron chi connectivity index (χ2n) is 5.91. The van der Waals surface area contributed by atoms with Crippen LogP contribution in [0.5, 0.6) is 11.5 Å². The topological polar surface area (TPSA) is 53.3 Å². The van der Waals surface area contributed by atoms with E-state index < -0.39 is 0 Å². The molecule has 0 saturated carbocycles. The van der Waals surface area contributed by atoms with Crippen molar-refractivity contribution in [3.8, 4) is 11.5 Å². The lowest BCUT2D eigenvalue weighted by Crippen LogP contribution is -1.99. The molecule has 3 aromatic rings. The Morgan fingerprint density at radius 1 is 1.22 bits per heavy atom. The highest BCUT2D eigenvalue weighted by atomic mass is 19.1. The number of hydrogen-bond acceptors (Lipinski definition) is 4. The molecule has 5 nitrogen and oxygen atoms in total. The summed E-state index contributed by atoms with van der Waals surface area (Å²) in [7, 11) is 3.34. The van der Waals surface area contributed by atoms with Gasteiger partial charge in [0.25, 0.3) is 0 Å². The molecule has 0 radical (unpaired) electrons. The van der Waals surface area contributed by atoms with Crippen LogP contribution in [-0.4, -0.2) is 22.7 Å². The summed E-state index contributed by atoms with van der Waals surface area (Å²) in [6.07, 6.45) is 6.44. The number of aryl methyl sites for hydroxylation is 1. The quantitative estimate of drug-likeness (QED) is 0.468. The van der Waals surface area contributed by atoms with Crippen molar-refractivity contribution >= 4 is 11.9 Å². The minimum absolute atomic E-state index is 0.122. The van der Waals surface area contributed by atoms with Crippen molar-refractivity contribution < 1.29 is 18.7 Å². The van der Waals surface area contributed by atoms with Gasteiger partial charge >= 0.3 is 0 Å². The number of hydrogen-bond donors (Lipinski definition) is 0. The number of allylic oxidation sites excluding steroid dienone is 1. The van der Waals surface area contributed by atoms with Crippen LogP contribution in [0.2, 0.25) is 0 Å². The van der Waals surface area contributed by atoms with Gasteiger partial charge in [-0.1, -0.05) is 12.1 Å². The van der Waals surface area contributed by atoms with Crippen LogP contribution in [0.1, 0.15) is 21.5 Å². The van der Waals surface area contributed by atoms with Crippen LogP contribution < -0.4 is 9.47 Å². The van der Waals surface area contributed by atoms with Gasteiger partial charge in [-0.05, 0) is 48.0 Å². The number of methoxy groups -OCH3 is 1. The maximum atomic E-state index is 13.0. The first-order chi connectivity index (χ1) is 13.0. The van der Waals surface area contributed by atoms with E-state index >= 15 is 0 Å². The van der Waals surface area contributed by atoms with Crippen LogP contribution in [0.3, 0.4) is 0 Å². The van der Waals surface area contributed by atoms with Gasteiger partial charge in [0.2, 0.25) is 0 Å². The molecule has 0 saturated heterocycles. The van der Waals surface area contributed by atoms with Crippen LogP contribution >= 0.6 is 0 Å². The zero-order valence-corrected chi connectivity index (χ0v) is 15.1. The van der Waals surface area contributed by atoms with Gasteiger partial charge in [-0.2, -0.15) is 5.10 Å². The minimum atomic E-state index is -0.314. The van der Waals surface area contributed by atoms with E-state index in [9.17, 15) is 9.18 Å². The fourth-order valence-electron chi connectivity index (χ4n) is 2.52. The molecule has 27 heavy (non-hydrogen) atoms. The Bertz CT molecular complexity index is 962. The number of halogens is 1. The lowest BCUT2D eigenvalue weighted by Gasteiger charge is -2.11. The van der Waals surface area contributed by atoms with Gasteiger partial charge in [0, 0.05) is 18.8 Å².